The molecule has 2 atom stereocenters. The van der Waals surface area contributed by atoms with E-state index < -0.39 is 23.6 Å². The average Bonchev–Trinajstić information content (AvgIpc) is 3.27. The van der Waals surface area contributed by atoms with Crippen molar-refractivity contribution in [1.29, 1.82) is 0 Å². The summed E-state index contributed by atoms with van der Waals surface area (Å²) < 4.78 is 39.5. The highest BCUT2D eigenvalue weighted by molar-refractivity contribution is 5.94. The van der Waals surface area contributed by atoms with Crippen LogP contribution in [0.1, 0.15) is 36.3 Å². The molecule has 1 N–H and O–H groups in total. The van der Waals surface area contributed by atoms with Crippen LogP contribution in [0.3, 0.4) is 0 Å². The van der Waals surface area contributed by atoms with Crippen LogP contribution in [0.15, 0.2) is 42.6 Å². The van der Waals surface area contributed by atoms with Crippen molar-refractivity contribution in [3.8, 4) is 0 Å². The Balaban J connectivity index is 1.41. The second kappa shape index (κ2) is 6.87. The SMILES string of the molecule is O=C(Nc1ccc(N2CCCC2)cn1)[C@@H]1C[C@H]1c1ccccc1C(F)(F)F. The molecule has 7 heteroatoms. The first kappa shape index (κ1) is 17.8. The number of alkyl halides is 3. The monoisotopic (exact) mass is 375 g/mol. The van der Waals surface area contributed by atoms with Crippen LogP contribution in [0.25, 0.3) is 0 Å². The minimum atomic E-state index is -4.41. The van der Waals surface area contributed by atoms with E-state index in [1.165, 1.54) is 25.0 Å². The quantitative estimate of drug-likeness (QED) is 0.859. The fourth-order valence-electron chi connectivity index (χ4n) is 3.75. The number of amides is 1. The number of hydrogen-bond acceptors (Lipinski definition) is 3. The van der Waals surface area contributed by atoms with Gasteiger partial charge in [0.2, 0.25) is 5.91 Å². The molecule has 2 heterocycles. The zero-order chi connectivity index (χ0) is 19.0. The van der Waals surface area contributed by atoms with Crippen LogP contribution < -0.4 is 10.2 Å². The van der Waals surface area contributed by atoms with E-state index in [2.05, 4.69) is 15.2 Å². The van der Waals surface area contributed by atoms with Gasteiger partial charge in [0.1, 0.15) is 5.82 Å². The third kappa shape index (κ3) is 3.77. The Kier molecular flexibility index (Phi) is 4.53. The van der Waals surface area contributed by atoms with Gasteiger partial charge in [0, 0.05) is 19.0 Å². The zero-order valence-electron chi connectivity index (χ0n) is 14.7. The van der Waals surface area contributed by atoms with Crippen LogP contribution in [-0.2, 0) is 11.0 Å². The minimum absolute atomic E-state index is 0.197. The predicted octanol–water partition coefficient (Wildman–Crippen LogP) is 4.44. The van der Waals surface area contributed by atoms with Crippen molar-refractivity contribution in [3.63, 3.8) is 0 Å². The van der Waals surface area contributed by atoms with Gasteiger partial charge in [0.05, 0.1) is 17.4 Å². The largest absolute Gasteiger partial charge is 0.416 e. The Morgan fingerprint density at radius 2 is 1.85 bits per heavy atom. The van der Waals surface area contributed by atoms with Gasteiger partial charge >= 0.3 is 6.18 Å². The number of nitrogens with one attached hydrogen (secondary N) is 1. The maximum absolute atomic E-state index is 13.2. The third-order valence-corrected chi connectivity index (χ3v) is 5.26. The molecule has 4 nitrogen and oxygen atoms in total. The summed E-state index contributed by atoms with van der Waals surface area (Å²) in [5, 5.41) is 2.73. The van der Waals surface area contributed by atoms with Crippen molar-refractivity contribution in [2.24, 2.45) is 5.92 Å². The standard InChI is InChI=1S/C20H20F3N3O/c21-20(22,23)17-6-2-1-5-14(17)15-11-16(15)19(27)25-18-8-7-13(12-24-18)26-9-3-4-10-26/h1-2,5-8,12,15-16H,3-4,9-11H2,(H,24,25,27)/t15-,16+/m0/s1. The highest BCUT2D eigenvalue weighted by Gasteiger charge is 2.47. The van der Waals surface area contributed by atoms with Gasteiger partial charge in [-0.15, -0.1) is 0 Å². The lowest BCUT2D eigenvalue weighted by molar-refractivity contribution is -0.138. The topological polar surface area (TPSA) is 45.2 Å². The molecule has 1 saturated heterocycles. The Labute approximate surface area is 155 Å². The lowest BCUT2D eigenvalue weighted by Crippen LogP contribution is -2.19. The van der Waals surface area contributed by atoms with Crippen molar-refractivity contribution >= 4 is 17.4 Å². The Bertz CT molecular complexity index is 829. The molecule has 0 spiro atoms. The summed E-state index contributed by atoms with van der Waals surface area (Å²) in [6.45, 7) is 2.02. The van der Waals surface area contributed by atoms with Crippen molar-refractivity contribution in [3.05, 3.63) is 53.7 Å². The van der Waals surface area contributed by atoms with Crippen LogP contribution >= 0.6 is 0 Å². The molecule has 1 aliphatic carbocycles. The molecular formula is C20H20F3N3O. The number of carbonyl (C=O) groups is 1. The van der Waals surface area contributed by atoms with Crippen LogP contribution in [0, 0.1) is 5.92 Å². The predicted molar refractivity (Wildman–Crippen MR) is 96.6 cm³/mol. The molecule has 1 aromatic carbocycles. The first-order valence-corrected chi connectivity index (χ1v) is 9.11. The number of rotatable bonds is 4. The lowest BCUT2D eigenvalue weighted by Gasteiger charge is -2.17. The molecule has 0 unspecified atom stereocenters. The van der Waals surface area contributed by atoms with Gasteiger partial charge in [0.15, 0.2) is 0 Å². The van der Waals surface area contributed by atoms with Gasteiger partial charge in [-0.05, 0) is 48.9 Å². The van der Waals surface area contributed by atoms with Crippen LogP contribution in [0.4, 0.5) is 24.7 Å². The molecule has 1 saturated carbocycles. The van der Waals surface area contributed by atoms with Crippen molar-refractivity contribution in [2.75, 3.05) is 23.3 Å². The Morgan fingerprint density at radius 1 is 1.11 bits per heavy atom. The first-order valence-electron chi connectivity index (χ1n) is 9.11. The van der Waals surface area contributed by atoms with E-state index in [-0.39, 0.29) is 11.5 Å². The third-order valence-electron chi connectivity index (χ3n) is 5.26. The van der Waals surface area contributed by atoms with E-state index in [0.29, 0.717) is 12.2 Å². The van der Waals surface area contributed by atoms with Crippen LogP contribution in [0.5, 0.6) is 0 Å². The first-order chi connectivity index (χ1) is 12.9. The van der Waals surface area contributed by atoms with E-state index in [0.717, 1.165) is 24.8 Å². The fraction of sp³-hybridized carbons (Fsp3) is 0.400. The average molecular weight is 375 g/mol. The van der Waals surface area contributed by atoms with Crippen LogP contribution in [-0.4, -0.2) is 24.0 Å². The summed E-state index contributed by atoms with van der Waals surface area (Å²) in [5.41, 5.74) is 0.565. The second-order valence-electron chi connectivity index (χ2n) is 7.12. The summed E-state index contributed by atoms with van der Waals surface area (Å²) >= 11 is 0. The van der Waals surface area contributed by atoms with Crippen LogP contribution in [0.2, 0.25) is 0 Å². The number of carbonyl (C=O) groups excluding carboxylic acids is 1. The summed E-state index contributed by atoms with van der Waals surface area (Å²) in [4.78, 5) is 18.9. The molecule has 2 aromatic rings. The van der Waals surface area contributed by atoms with Crippen molar-refractivity contribution in [1.82, 2.24) is 4.98 Å². The summed E-state index contributed by atoms with van der Waals surface area (Å²) in [5.74, 6) is -0.698. The normalized spacial score (nSPS) is 22.0. The van der Waals surface area contributed by atoms with E-state index in [1.807, 2.05) is 6.07 Å². The molecule has 1 aliphatic heterocycles. The van der Waals surface area contributed by atoms with E-state index >= 15 is 0 Å². The zero-order valence-corrected chi connectivity index (χ0v) is 14.7. The Hall–Kier alpha value is -2.57. The molecule has 1 aromatic heterocycles. The molecule has 2 fully saturated rings. The molecule has 142 valence electrons. The number of hydrogen-bond donors (Lipinski definition) is 1. The molecular weight excluding hydrogens is 355 g/mol. The maximum Gasteiger partial charge on any atom is 0.416 e. The van der Waals surface area contributed by atoms with E-state index in [9.17, 15) is 18.0 Å². The van der Waals surface area contributed by atoms with Crippen molar-refractivity contribution < 1.29 is 18.0 Å². The molecule has 1 amide bonds. The van der Waals surface area contributed by atoms with Gasteiger partial charge < -0.3 is 10.2 Å². The van der Waals surface area contributed by atoms with E-state index in [1.54, 1.807) is 18.3 Å². The van der Waals surface area contributed by atoms with Crippen molar-refractivity contribution in [2.45, 2.75) is 31.4 Å². The summed E-state index contributed by atoms with van der Waals surface area (Å²) in [6.07, 6.45) is 0.0735. The highest BCUT2D eigenvalue weighted by atomic mass is 19.4. The van der Waals surface area contributed by atoms with Gasteiger partial charge in [-0.1, -0.05) is 18.2 Å². The molecule has 0 bridgehead atoms. The number of halogens is 3. The number of anilines is 2. The smallest absolute Gasteiger partial charge is 0.370 e. The molecule has 0 radical (unpaired) electrons. The highest BCUT2D eigenvalue weighted by Crippen LogP contribution is 2.51. The van der Waals surface area contributed by atoms with Gasteiger partial charge in [0.25, 0.3) is 0 Å². The molecule has 27 heavy (non-hydrogen) atoms. The number of benzene rings is 1. The minimum Gasteiger partial charge on any atom is -0.370 e. The molecule has 2 aliphatic rings. The Morgan fingerprint density at radius 3 is 2.52 bits per heavy atom. The number of aromatic nitrogens is 1. The number of nitrogens with zero attached hydrogens (tertiary/aromatic N) is 2. The van der Waals surface area contributed by atoms with Gasteiger partial charge in [-0.25, -0.2) is 4.98 Å². The van der Waals surface area contributed by atoms with E-state index in [4.69, 9.17) is 0 Å². The second-order valence-corrected chi connectivity index (χ2v) is 7.12. The summed E-state index contributed by atoms with van der Waals surface area (Å²) in [7, 11) is 0. The molecule has 4 rings (SSSR count). The van der Waals surface area contributed by atoms with Gasteiger partial charge in [-0.2, -0.15) is 13.2 Å². The number of pyridine rings is 1. The van der Waals surface area contributed by atoms with Gasteiger partial charge in [-0.3, -0.25) is 4.79 Å². The fourth-order valence-corrected chi connectivity index (χ4v) is 3.75. The maximum atomic E-state index is 13.2. The lowest BCUT2D eigenvalue weighted by atomic mass is 10.0. The summed E-state index contributed by atoms with van der Waals surface area (Å²) in [6, 6.07) is 9.14.